The second-order valence-corrected chi connectivity index (χ2v) is 2.12. The van der Waals surface area contributed by atoms with Gasteiger partial charge in [0.25, 0.3) is 0 Å². The molecule has 0 bridgehead atoms. The molecule has 1 nitrogen and oxygen atoms in total. The van der Waals surface area contributed by atoms with E-state index in [1.807, 2.05) is 13.8 Å². The van der Waals surface area contributed by atoms with Crippen molar-refractivity contribution in [2.75, 3.05) is 7.05 Å². The Morgan fingerprint density at radius 1 is 0.600 bits per heavy atom. The SMILES string of the molecule is C1CCCCC1.CC.CN. The lowest BCUT2D eigenvalue weighted by atomic mass is 10.0. The van der Waals surface area contributed by atoms with Gasteiger partial charge in [0.2, 0.25) is 0 Å². The van der Waals surface area contributed by atoms with Crippen LogP contribution in [0, 0.1) is 0 Å². The molecule has 1 heteroatoms. The molecule has 0 saturated heterocycles. The maximum absolute atomic E-state index is 4.50. The summed E-state index contributed by atoms with van der Waals surface area (Å²) in [6, 6.07) is 0. The van der Waals surface area contributed by atoms with Crippen molar-refractivity contribution >= 4 is 0 Å². The summed E-state index contributed by atoms with van der Waals surface area (Å²) < 4.78 is 0. The fourth-order valence-corrected chi connectivity index (χ4v) is 1.06. The van der Waals surface area contributed by atoms with Crippen molar-refractivity contribution in [1.82, 2.24) is 0 Å². The van der Waals surface area contributed by atoms with E-state index in [9.17, 15) is 0 Å². The molecule has 2 N–H and O–H groups in total. The Hall–Kier alpha value is -0.0400. The van der Waals surface area contributed by atoms with E-state index in [1.165, 1.54) is 45.6 Å². The van der Waals surface area contributed by atoms with Gasteiger partial charge in [-0.05, 0) is 7.05 Å². The Morgan fingerprint density at radius 2 is 0.700 bits per heavy atom. The first kappa shape index (κ1) is 12.6. The fourth-order valence-electron chi connectivity index (χ4n) is 1.06. The summed E-state index contributed by atoms with van der Waals surface area (Å²) in [5.41, 5.74) is 4.50. The zero-order valence-corrected chi connectivity index (χ0v) is 7.82. The van der Waals surface area contributed by atoms with Crippen molar-refractivity contribution in [2.24, 2.45) is 5.73 Å². The molecule has 0 aromatic rings. The lowest BCUT2D eigenvalue weighted by Crippen LogP contribution is -1.85. The normalized spacial score (nSPS) is 15.6. The van der Waals surface area contributed by atoms with Crippen molar-refractivity contribution in [3.05, 3.63) is 0 Å². The standard InChI is InChI=1S/C6H12.C2H6.CH5N/c1-2-4-6-5-3-1;2*1-2/h1-6H2;1-2H3;2H2,1H3. The minimum Gasteiger partial charge on any atom is -0.333 e. The molecule has 0 radical (unpaired) electrons. The van der Waals surface area contributed by atoms with Crippen molar-refractivity contribution in [3.63, 3.8) is 0 Å². The van der Waals surface area contributed by atoms with Gasteiger partial charge >= 0.3 is 0 Å². The number of hydrogen-bond donors (Lipinski definition) is 1. The van der Waals surface area contributed by atoms with Crippen LogP contribution in [0.4, 0.5) is 0 Å². The van der Waals surface area contributed by atoms with Gasteiger partial charge in [0.1, 0.15) is 0 Å². The first-order valence-corrected chi connectivity index (χ1v) is 4.58. The zero-order chi connectivity index (χ0) is 8.24. The average Bonchev–Trinajstić information content (AvgIpc) is 2.14. The van der Waals surface area contributed by atoms with Crippen molar-refractivity contribution in [1.29, 1.82) is 0 Å². The minimum absolute atomic E-state index is 1.50. The summed E-state index contributed by atoms with van der Waals surface area (Å²) in [6.45, 7) is 4.00. The van der Waals surface area contributed by atoms with Crippen molar-refractivity contribution in [3.8, 4) is 0 Å². The van der Waals surface area contributed by atoms with Crippen LogP contribution in [0.2, 0.25) is 0 Å². The van der Waals surface area contributed by atoms with Crippen LogP contribution in [0.3, 0.4) is 0 Å². The van der Waals surface area contributed by atoms with Gasteiger partial charge in [-0.1, -0.05) is 52.4 Å². The third-order valence-corrected chi connectivity index (χ3v) is 1.50. The highest BCUT2D eigenvalue weighted by Crippen LogP contribution is 2.15. The predicted octanol–water partition coefficient (Wildman–Crippen LogP) is 2.94. The van der Waals surface area contributed by atoms with Crippen LogP contribution in [0.1, 0.15) is 52.4 Å². The van der Waals surface area contributed by atoms with Gasteiger partial charge < -0.3 is 5.73 Å². The van der Waals surface area contributed by atoms with Crippen LogP contribution in [-0.2, 0) is 0 Å². The Morgan fingerprint density at radius 3 is 0.800 bits per heavy atom. The van der Waals surface area contributed by atoms with Crippen LogP contribution in [0.5, 0.6) is 0 Å². The number of rotatable bonds is 0. The first-order chi connectivity index (χ1) is 5.00. The number of nitrogens with two attached hydrogens (primary N) is 1. The molecule has 64 valence electrons. The van der Waals surface area contributed by atoms with E-state index in [0.717, 1.165) is 0 Å². The molecule has 0 amide bonds. The van der Waals surface area contributed by atoms with Crippen molar-refractivity contribution in [2.45, 2.75) is 52.4 Å². The lowest BCUT2D eigenvalue weighted by Gasteiger charge is -2.05. The van der Waals surface area contributed by atoms with E-state index < -0.39 is 0 Å². The molecule has 0 spiro atoms. The molecule has 1 rings (SSSR count). The molecule has 1 fully saturated rings. The molecule has 1 aliphatic rings. The second kappa shape index (κ2) is 16.0. The van der Waals surface area contributed by atoms with E-state index in [2.05, 4.69) is 5.73 Å². The van der Waals surface area contributed by atoms with E-state index in [-0.39, 0.29) is 0 Å². The number of hydrogen-bond acceptors (Lipinski definition) is 1. The maximum atomic E-state index is 4.50. The Kier molecular flexibility index (Phi) is 20.2. The summed E-state index contributed by atoms with van der Waals surface area (Å²) >= 11 is 0. The van der Waals surface area contributed by atoms with E-state index in [1.54, 1.807) is 0 Å². The van der Waals surface area contributed by atoms with Gasteiger partial charge in [0, 0.05) is 0 Å². The van der Waals surface area contributed by atoms with Gasteiger partial charge in [-0.3, -0.25) is 0 Å². The van der Waals surface area contributed by atoms with Gasteiger partial charge in [0.05, 0.1) is 0 Å². The van der Waals surface area contributed by atoms with Crippen LogP contribution in [0.15, 0.2) is 0 Å². The Bertz CT molecular complexity index is 20.2. The van der Waals surface area contributed by atoms with Crippen LogP contribution in [0.25, 0.3) is 0 Å². The summed E-state index contributed by atoms with van der Waals surface area (Å²) in [5.74, 6) is 0. The summed E-state index contributed by atoms with van der Waals surface area (Å²) in [7, 11) is 1.50. The third-order valence-electron chi connectivity index (χ3n) is 1.50. The second-order valence-electron chi connectivity index (χ2n) is 2.12. The summed E-state index contributed by atoms with van der Waals surface area (Å²) in [6.07, 6.45) is 9.00. The molecule has 0 atom stereocenters. The van der Waals surface area contributed by atoms with Crippen LogP contribution in [-0.4, -0.2) is 7.05 Å². The molecular formula is C9H23N. The average molecular weight is 145 g/mol. The Labute approximate surface area is 66.0 Å². The molecule has 0 aromatic carbocycles. The third kappa shape index (κ3) is 10.9. The highest BCUT2D eigenvalue weighted by atomic mass is 14.4. The quantitative estimate of drug-likeness (QED) is 0.557. The first-order valence-electron chi connectivity index (χ1n) is 4.58. The monoisotopic (exact) mass is 145 g/mol. The summed E-state index contributed by atoms with van der Waals surface area (Å²) in [5, 5.41) is 0. The van der Waals surface area contributed by atoms with E-state index in [0.29, 0.717) is 0 Å². The van der Waals surface area contributed by atoms with E-state index >= 15 is 0 Å². The molecule has 0 aromatic heterocycles. The summed E-state index contributed by atoms with van der Waals surface area (Å²) in [4.78, 5) is 0. The molecule has 10 heavy (non-hydrogen) atoms. The highest BCUT2D eigenvalue weighted by Gasteiger charge is 1.95. The molecule has 0 unspecified atom stereocenters. The van der Waals surface area contributed by atoms with Gasteiger partial charge in [0.15, 0.2) is 0 Å². The van der Waals surface area contributed by atoms with Gasteiger partial charge in [-0.2, -0.15) is 0 Å². The van der Waals surface area contributed by atoms with Crippen molar-refractivity contribution < 1.29 is 0 Å². The maximum Gasteiger partial charge on any atom is -0.0195 e. The smallest absolute Gasteiger partial charge is 0.0195 e. The van der Waals surface area contributed by atoms with Gasteiger partial charge in [-0.25, -0.2) is 0 Å². The highest BCUT2D eigenvalue weighted by molar-refractivity contribution is 4.51. The molecule has 0 heterocycles. The van der Waals surface area contributed by atoms with E-state index in [4.69, 9.17) is 0 Å². The zero-order valence-electron chi connectivity index (χ0n) is 7.82. The molecule has 1 saturated carbocycles. The minimum atomic E-state index is 1.50. The fraction of sp³-hybridized carbons (Fsp3) is 1.00. The van der Waals surface area contributed by atoms with Gasteiger partial charge in [-0.15, -0.1) is 0 Å². The largest absolute Gasteiger partial charge is 0.333 e. The molecule has 0 aliphatic heterocycles. The Balaban J connectivity index is 0. The van der Waals surface area contributed by atoms with Crippen LogP contribution >= 0.6 is 0 Å². The predicted molar refractivity (Wildman–Crippen MR) is 49.2 cm³/mol. The molecular weight excluding hydrogens is 122 g/mol. The lowest BCUT2D eigenvalue weighted by molar-refractivity contribution is 0.504. The van der Waals surface area contributed by atoms with Crippen LogP contribution < -0.4 is 5.73 Å². The molecule has 1 aliphatic carbocycles. The topological polar surface area (TPSA) is 26.0 Å².